The van der Waals surface area contributed by atoms with Crippen LogP contribution in [0.15, 0.2) is 36.5 Å². The van der Waals surface area contributed by atoms with E-state index < -0.39 is 26.5 Å². The molecule has 0 rings (SSSR count). The Morgan fingerprint density at radius 2 is 0.628 bits per heavy atom. The van der Waals surface area contributed by atoms with Gasteiger partial charge in [-0.05, 0) is 51.4 Å². The van der Waals surface area contributed by atoms with Crippen LogP contribution >= 0.6 is 7.82 Å². The molecule has 9 nitrogen and oxygen atoms in total. The SMILES string of the molecule is CCCCCCC/C=C\C/C=C\C/C=C\CCCCCCCCCCCCC(=O)OC(COC(=O)CCCCCCCCCCCCCCCCCCCCCCCCCCCCCCCCCCCCCCC)COP(=O)(O)OCC[N+](C)(C)C. The molecule has 508 valence electrons. The van der Waals surface area contributed by atoms with Crippen molar-refractivity contribution >= 4 is 19.8 Å². The second-order valence-electron chi connectivity index (χ2n) is 27.0. The smallest absolute Gasteiger partial charge is 0.462 e. The summed E-state index contributed by atoms with van der Waals surface area (Å²) in [6.07, 6.45) is 87.1. The number of unbranched alkanes of at least 4 members (excludes halogenated alkanes) is 51. The fourth-order valence-corrected chi connectivity index (χ4v) is 12.1. The summed E-state index contributed by atoms with van der Waals surface area (Å²) in [6.45, 7) is 4.49. The molecule has 0 spiro atoms. The zero-order valence-electron chi connectivity index (χ0n) is 58.1. The van der Waals surface area contributed by atoms with Gasteiger partial charge in [-0.15, -0.1) is 0 Å². The summed E-state index contributed by atoms with van der Waals surface area (Å²) < 4.78 is 34.8. The van der Waals surface area contributed by atoms with Gasteiger partial charge in [-0.25, -0.2) is 4.57 Å². The highest BCUT2D eigenvalue weighted by Gasteiger charge is 2.27. The number of carbonyl (C=O) groups excluding carboxylic acids is 2. The molecular weight excluding hydrogens is 1090 g/mol. The van der Waals surface area contributed by atoms with E-state index in [-0.39, 0.29) is 25.6 Å². The number of rotatable bonds is 71. The second-order valence-corrected chi connectivity index (χ2v) is 28.5. The molecule has 0 aromatic heterocycles. The molecule has 0 aliphatic heterocycles. The number of likely N-dealkylation sites (N-methyl/N-ethyl adjacent to an activating group) is 1. The summed E-state index contributed by atoms with van der Waals surface area (Å²) in [4.78, 5) is 35.9. The molecule has 2 unspecified atom stereocenters. The number of allylic oxidation sites excluding steroid dienone is 6. The van der Waals surface area contributed by atoms with Crippen LogP contribution in [0.1, 0.15) is 386 Å². The standard InChI is InChI=1S/C76H146NO8P/c1-6-8-10-12-14-16-18-20-22-24-26-28-30-32-33-34-35-36-37-38-39-40-41-42-43-45-46-48-50-52-54-56-58-60-62-64-66-68-75(78)82-72-74(73-84-86(80,81)83-71-70-77(3,4)5)85-76(79)69-67-65-63-61-59-57-55-53-51-49-47-44-31-29-27-25-23-21-19-17-15-13-11-9-7-2/h19,21,25,27,31,44,74H,6-18,20,22-24,26,28-30,32-43,45-73H2,1-5H3/p+1/b21-19-,27-25-,44-31-. The first-order chi connectivity index (χ1) is 42.0. The summed E-state index contributed by atoms with van der Waals surface area (Å²) in [5, 5.41) is 0. The van der Waals surface area contributed by atoms with Gasteiger partial charge < -0.3 is 18.9 Å². The van der Waals surface area contributed by atoms with Crippen LogP contribution in [0.2, 0.25) is 0 Å². The first kappa shape index (κ1) is 84.2. The topological polar surface area (TPSA) is 108 Å². The van der Waals surface area contributed by atoms with E-state index in [0.717, 1.165) is 51.4 Å². The third-order valence-corrected chi connectivity index (χ3v) is 18.2. The van der Waals surface area contributed by atoms with Crippen LogP contribution in [0.5, 0.6) is 0 Å². The Labute approximate surface area is 535 Å². The fourth-order valence-electron chi connectivity index (χ4n) is 11.4. The number of carbonyl (C=O) groups is 2. The Hall–Kier alpha value is -1.77. The van der Waals surface area contributed by atoms with Crippen molar-refractivity contribution in [3.8, 4) is 0 Å². The van der Waals surface area contributed by atoms with Gasteiger partial charge in [0.05, 0.1) is 27.7 Å². The molecule has 0 aromatic carbocycles. The van der Waals surface area contributed by atoms with Crippen molar-refractivity contribution in [1.82, 2.24) is 0 Å². The van der Waals surface area contributed by atoms with Crippen LogP contribution in [0.3, 0.4) is 0 Å². The van der Waals surface area contributed by atoms with Crippen LogP contribution in [-0.2, 0) is 32.7 Å². The Morgan fingerprint density at radius 1 is 0.360 bits per heavy atom. The molecule has 0 saturated heterocycles. The van der Waals surface area contributed by atoms with Crippen LogP contribution < -0.4 is 0 Å². The minimum atomic E-state index is -4.39. The Kier molecular flexibility index (Phi) is 66.2. The Bertz CT molecular complexity index is 1540. The third-order valence-electron chi connectivity index (χ3n) is 17.2. The van der Waals surface area contributed by atoms with Crippen molar-refractivity contribution in [3.63, 3.8) is 0 Å². The molecule has 1 N–H and O–H groups in total. The van der Waals surface area contributed by atoms with E-state index in [1.54, 1.807) is 0 Å². The predicted octanol–water partition coefficient (Wildman–Crippen LogP) is 24.6. The van der Waals surface area contributed by atoms with Gasteiger partial charge in [-0.2, -0.15) is 0 Å². The van der Waals surface area contributed by atoms with E-state index in [1.165, 1.54) is 302 Å². The van der Waals surface area contributed by atoms with Gasteiger partial charge in [0.2, 0.25) is 0 Å². The summed E-state index contributed by atoms with van der Waals surface area (Å²) in [7, 11) is 1.49. The normalized spacial score (nSPS) is 13.2. The maximum Gasteiger partial charge on any atom is 0.472 e. The molecule has 0 amide bonds. The zero-order chi connectivity index (χ0) is 62.6. The first-order valence-corrected chi connectivity index (χ1v) is 39.2. The molecule has 0 aliphatic carbocycles. The average molecular weight is 1230 g/mol. The van der Waals surface area contributed by atoms with E-state index in [2.05, 4.69) is 50.3 Å². The fraction of sp³-hybridized carbons (Fsp3) is 0.895. The molecule has 2 atom stereocenters. The predicted molar refractivity (Wildman–Crippen MR) is 372 cm³/mol. The summed E-state index contributed by atoms with van der Waals surface area (Å²) in [5.41, 5.74) is 0. The molecule has 0 heterocycles. The highest BCUT2D eigenvalue weighted by molar-refractivity contribution is 7.47. The summed E-state index contributed by atoms with van der Waals surface area (Å²) >= 11 is 0. The average Bonchev–Trinajstić information content (AvgIpc) is 3.70. The third kappa shape index (κ3) is 71.3. The maximum absolute atomic E-state index is 12.9. The lowest BCUT2D eigenvalue weighted by atomic mass is 10.0. The molecule has 0 fully saturated rings. The number of ether oxygens (including phenoxy) is 2. The first-order valence-electron chi connectivity index (χ1n) is 37.7. The minimum Gasteiger partial charge on any atom is -0.462 e. The van der Waals surface area contributed by atoms with Crippen LogP contribution in [0.25, 0.3) is 0 Å². The number of esters is 2. The van der Waals surface area contributed by atoms with Gasteiger partial charge in [0.15, 0.2) is 6.10 Å². The van der Waals surface area contributed by atoms with Gasteiger partial charge in [0, 0.05) is 12.8 Å². The van der Waals surface area contributed by atoms with Gasteiger partial charge >= 0.3 is 19.8 Å². The maximum atomic E-state index is 12.9. The number of quaternary nitrogens is 1. The summed E-state index contributed by atoms with van der Waals surface area (Å²) in [5.74, 6) is -0.782. The molecule has 0 bridgehead atoms. The van der Waals surface area contributed by atoms with E-state index in [1.807, 2.05) is 21.1 Å². The number of nitrogens with zero attached hydrogens (tertiary/aromatic N) is 1. The van der Waals surface area contributed by atoms with Crippen molar-refractivity contribution in [3.05, 3.63) is 36.5 Å². The molecule has 10 heteroatoms. The summed E-state index contributed by atoms with van der Waals surface area (Å²) in [6, 6.07) is 0. The quantitative estimate of drug-likeness (QED) is 0.0211. The highest BCUT2D eigenvalue weighted by atomic mass is 31.2. The Morgan fingerprint density at radius 3 is 0.930 bits per heavy atom. The second kappa shape index (κ2) is 67.6. The molecule has 0 saturated carbocycles. The van der Waals surface area contributed by atoms with Crippen molar-refractivity contribution < 1.29 is 42.1 Å². The molecule has 86 heavy (non-hydrogen) atoms. The lowest BCUT2D eigenvalue weighted by Gasteiger charge is -2.24. The van der Waals surface area contributed by atoms with E-state index in [0.29, 0.717) is 23.9 Å². The largest absolute Gasteiger partial charge is 0.472 e. The van der Waals surface area contributed by atoms with Gasteiger partial charge in [0.1, 0.15) is 19.8 Å². The zero-order valence-corrected chi connectivity index (χ0v) is 59.0. The molecule has 0 aliphatic rings. The van der Waals surface area contributed by atoms with E-state index in [9.17, 15) is 19.0 Å². The molecule has 0 radical (unpaired) electrons. The van der Waals surface area contributed by atoms with Crippen molar-refractivity contribution in [2.24, 2.45) is 0 Å². The lowest BCUT2D eigenvalue weighted by molar-refractivity contribution is -0.870. The Balaban J connectivity index is 3.92. The minimum absolute atomic E-state index is 0.0326. The van der Waals surface area contributed by atoms with Crippen LogP contribution in [0.4, 0.5) is 0 Å². The van der Waals surface area contributed by atoms with Crippen LogP contribution in [0, 0.1) is 0 Å². The molecular formula is C76H147NO8P+. The van der Waals surface area contributed by atoms with Gasteiger partial charge in [-0.1, -0.05) is 359 Å². The number of hydrogen-bond donors (Lipinski definition) is 1. The monoisotopic (exact) mass is 1230 g/mol. The van der Waals surface area contributed by atoms with Crippen molar-refractivity contribution in [1.29, 1.82) is 0 Å². The molecule has 0 aromatic rings. The number of hydrogen-bond acceptors (Lipinski definition) is 7. The van der Waals surface area contributed by atoms with Crippen LogP contribution in [-0.4, -0.2) is 74.9 Å². The number of phosphoric acid groups is 1. The highest BCUT2D eigenvalue weighted by Crippen LogP contribution is 2.43. The van der Waals surface area contributed by atoms with E-state index >= 15 is 0 Å². The lowest BCUT2D eigenvalue weighted by Crippen LogP contribution is -2.37. The van der Waals surface area contributed by atoms with Gasteiger partial charge in [-0.3, -0.25) is 18.6 Å². The van der Waals surface area contributed by atoms with E-state index in [4.69, 9.17) is 18.5 Å². The van der Waals surface area contributed by atoms with Crippen molar-refractivity contribution in [2.75, 3.05) is 47.5 Å². The number of phosphoric ester groups is 1. The van der Waals surface area contributed by atoms with Crippen molar-refractivity contribution in [2.45, 2.75) is 392 Å². The van der Waals surface area contributed by atoms with Gasteiger partial charge in [0.25, 0.3) is 0 Å².